The van der Waals surface area contributed by atoms with E-state index in [2.05, 4.69) is 0 Å². The van der Waals surface area contributed by atoms with Crippen molar-refractivity contribution in [3.05, 3.63) is 86.0 Å². The van der Waals surface area contributed by atoms with Crippen molar-refractivity contribution in [2.24, 2.45) is 14.1 Å². The van der Waals surface area contributed by atoms with Gasteiger partial charge < -0.3 is 9.13 Å². The smallest absolute Gasteiger partial charge is 0.269 e. The number of anilines is 1. The van der Waals surface area contributed by atoms with Crippen molar-refractivity contribution < 1.29 is 4.79 Å². The fraction of sp³-hybridized carbons (Fsp3) is 0.158. The Kier molecular flexibility index (Phi) is 3.93. The summed E-state index contributed by atoms with van der Waals surface area (Å²) in [5.74, 6) is -0.129. The van der Waals surface area contributed by atoms with Gasteiger partial charge in [0.05, 0.1) is 16.9 Å². The van der Waals surface area contributed by atoms with Crippen LogP contribution in [-0.4, -0.2) is 15.0 Å². The van der Waals surface area contributed by atoms with E-state index in [0.717, 1.165) is 11.3 Å². The first-order valence-electron chi connectivity index (χ1n) is 7.99. The highest BCUT2D eigenvalue weighted by Gasteiger charge is 2.41. The number of carbonyl (C=O) groups is 1. The number of aryl methyl sites for hydroxylation is 2. The van der Waals surface area contributed by atoms with E-state index in [-0.39, 0.29) is 22.5 Å². The Hall–Kier alpha value is -2.50. The second-order valence-corrected chi connectivity index (χ2v) is 7.16. The number of fused-ring (bicyclic) bond motifs is 1. The van der Waals surface area contributed by atoms with Crippen LogP contribution in [0.3, 0.4) is 0 Å². The zero-order valence-corrected chi connectivity index (χ0v) is 15.6. The molecule has 5 nitrogen and oxygen atoms in total. The number of aromatic nitrogens is 2. The van der Waals surface area contributed by atoms with Crippen molar-refractivity contribution in [1.82, 2.24) is 9.13 Å². The molecule has 1 atom stereocenters. The highest BCUT2D eigenvalue weighted by Crippen LogP contribution is 2.42. The predicted octanol–water partition coefficient (Wildman–Crippen LogP) is 3.78. The highest BCUT2D eigenvalue weighted by atomic mass is 35.5. The Morgan fingerprint density at radius 3 is 2.31 bits per heavy atom. The molecule has 1 aromatic carbocycles. The Morgan fingerprint density at radius 2 is 1.65 bits per heavy atom. The molecule has 2 aromatic heterocycles. The first-order valence-corrected chi connectivity index (χ1v) is 8.74. The molecule has 1 aliphatic heterocycles. The average Bonchev–Trinajstić information content (AvgIpc) is 3.12. The van der Waals surface area contributed by atoms with Crippen LogP contribution in [0.4, 0.5) is 5.69 Å². The zero-order chi connectivity index (χ0) is 18.6. The summed E-state index contributed by atoms with van der Waals surface area (Å²) >= 11 is 12.1. The molecule has 0 unspecified atom stereocenters. The van der Waals surface area contributed by atoms with Crippen LogP contribution in [-0.2, 0) is 14.1 Å². The van der Waals surface area contributed by atoms with E-state index in [9.17, 15) is 9.59 Å². The monoisotopic (exact) mass is 387 g/mol. The summed E-state index contributed by atoms with van der Waals surface area (Å²) in [7, 11) is 3.52. The number of pyridine rings is 1. The van der Waals surface area contributed by atoms with Crippen molar-refractivity contribution in [2.75, 3.05) is 4.90 Å². The summed E-state index contributed by atoms with van der Waals surface area (Å²) in [4.78, 5) is 26.7. The quantitative estimate of drug-likeness (QED) is 0.671. The van der Waals surface area contributed by atoms with E-state index >= 15 is 0 Å². The van der Waals surface area contributed by atoms with Gasteiger partial charge in [-0.3, -0.25) is 14.5 Å². The van der Waals surface area contributed by atoms with Crippen molar-refractivity contribution in [2.45, 2.75) is 6.04 Å². The van der Waals surface area contributed by atoms with Crippen LogP contribution >= 0.6 is 23.2 Å². The van der Waals surface area contributed by atoms with Crippen molar-refractivity contribution in [1.29, 1.82) is 0 Å². The molecule has 0 N–H and O–H groups in total. The molecule has 1 aliphatic rings. The molecule has 4 rings (SSSR count). The molecular formula is C19H15Cl2N3O2. The Morgan fingerprint density at radius 1 is 0.962 bits per heavy atom. The van der Waals surface area contributed by atoms with Gasteiger partial charge in [0.25, 0.3) is 11.5 Å². The summed E-state index contributed by atoms with van der Waals surface area (Å²) in [6, 6.07) is 10.4. The number of nitrogens with zero attached hydrogens (tertiary/aromatic N) is 3. The second kappa shape index (κ2) is 6.04. The maximum absolute atomic E-state index is 13.1. The lowest BCUT2D eigenvalue weighted by Crippen LogP contribution is -2.31. The fourth-order valence-corrected chi connectivity index (χ4v) is 3.81. The van der Waals surface area contributed by atoms with Gasteiger partial charge in [0.1, 0.15) is 11.1 Å². The third-order valence-corrected chi connectivity index (χ3v) is 5.20. The number of hydrogen-bond donors (Lipinski definition) is 0. The minimum atomic E-state index is -0.330. The number of benzene rings is 1. The summed E-state index contributed by atoms with van der Waals surface area (Å²) in [6.45, 7) is 0. The van der Waals surface area contributed by atoms with E-state index in [0.29, 0.717) is 16.3 Å². The van der Waals surface area contributed by atoms with Gasteiger partial charge in [-0.25, -0.2) is 0 Å². The van der Waals surface area contributed by atoms with Gasteiger partial charge in [-0.15, -0.1) is 0 Å². The summed E-state index contributed by atoms with van der Waals surface area (Å²) in [5.41, 5.74) is 2.72. The van der Waals surface area contributed by atoms with Crippen LogP contribution < -0.4 is 10.5 Å². The van der Waals surface area contributed by atoms with Gasteiger partial charge in [-0.1, -0.05) is 35.3 Å². The van der Waals surface area contributed by atoms with E-state index in [1.165, 1.54) is 10.6 Å². The van der Waals surface area contributed by atoms with E-state index in [1.807, 2.05) is 36.0 Å². The Labute approximate surface area is 160 Å². The van der Waals surface area contributed by atoms with Crippen LogP contribution in [0.1, 0.15) is 27.7 Å². The molecule has 0 saturated carbocycles. The molecule has 0 spiro atoms. The van der Waals surface area contributed by atoms with Crippen molar-refractivity contribution >= 4 is 34.8 Å². The maximum atomic E-state index is 13.1. The summed E-state index contributed by atoms with van der Waals surface area (Å²) in [6.07, 6.45) is 3.50. The number of hydrogen-bond acceptors (Lipinski definition) is 2. The molecule has 132 valence electrons. The van der Waals surface area contributed by atoms with Gasteiger partial charge >= 0.3 is 0 Å². The lowest BCUT2D eigenvalue weighted by atomic mass is 10.0. The fourth-order valence-electron chi connectivity index (χ4n) is 3.44. The molecule has 0 aliphatic carbocycles. The van der Waals surface area contributed by atoms with Gasteiger partial charge in [-0.2, -0.15) is 0 Å². The topological polar surface area (TPSA) is 47.2 Å². The van der Waals surface area contributed by atoms with Crippen LogP contribution in [0.5, 0.6) is 0 Å². The third-order valence-electron chi connectivity index (χ3n) is 4.68. The maximum Gasteiger partial charge on any atom is 0.269 e. The van der Waals surface area contributed by atoms with Crippen molar-refractivity contribution in [3.63, 3.8) is 0 Å². The van der Waals surface area contributed by atoms with Crippen molar-refractivity contribution in [3.8, 4) is 0 Å². The highest BCUT2D eigenvalue weighted by molar-refractivity contribution is 6.31. The molecule has 0 bridgehead atoms. The zero-order valence-electron chi connectivity index (χ0n) is 14.1. The molecule has 3 aromatic rings. The van der Waals surface area contributed by atoms with Crippen LogP contribution in [0.15, 0.2) is 53.6 Å². The lowest BCUT2D eigenvalue weighted by molar-refractivity contribution is 0.0993. The second-order valence-electron chi connectivity index (χ2n) is 6.32. The number of amides is 1. The number of rotatable bonds is 2. The lowest BCUT2D eigenvalue weighted by Gasteiger charge is -2.27. The SMILES string of the molecule is Cn1ccc2c1[C@H](c1ccc(Cl)cc1)N(c1cc(Cl)c(=O)n(C)c1)C2=O. The standard InChI is InChI=1S/C19H15Cl2N3O2/c1-22-8-7-14-17(22)16(11-3-5-12(20)6-4-11)24(18(14)25)13-9-15(21)19(26)23(2)10-13/h3-10,16H,1-2H3/t16-/m0/s1. The van der Waals surface area contributed by atoms with E-state index in [4.69, 9.17) is 23.2 Å². The molecule has 0 saturated heterocycles. The molecular weight excluding hydrogens is 373 g/mol. The van der Waals surface area contributed by atoms with E-state index in [1.54, 1.807) is 30.3 Å². The van der Waals surface area contributed by atoms with Gasteiger partial charge in [-0.05, 0) is 29.8 Å². The Balaban J connectivity index is 1.94. The minimum absolute atomic E-state index is 0.0728. The molecule has 3 heterocycles. The summed E-state index contributed by atoms with van der Waals surface area (Å²) in [5, 5.41) is 0.700. The largest absolute Gasteiger partial charge is 0.352 e. The minimum Gasteiger partial charge on any atom is -0.352 e. The van der Waals surface area contributed by atoms with Crippen LogP contribution in [0.2, 0.25) is 10.0 Å². The number of carbonyl (C=O) groups excluding carboxylic acids is 1. The number of halogens is 2. The molecule has 26 heavy (non-hydrogen) atoms. The predicted molar refractivity (Wildman–Crippen MR) is 102 cm³/mol. The van der Waals surface area contributed by atoms with Gasteiger partial charge in [0, 0.05) is 31.5 Å². The molecule has 7 heteroatoms. The molecule has 0 fully saturated rings. The Bertz CT molecular complexity index is 1060. The first-order chi connectivity index (χ1) is 12.4. The first kappa shape index (κ1) is 16.9. The van der Waals surface area contributed by atoms with Gasteiger partial charge in [0.15, 0.2) is 0 Å². The molecule has 0 radical (unpaired) electrons. The van der Waals surface area contributed by atoms with E-state index < -0.39 is 0 Å². The van der Waals surface area contributed by atoms with Crippen LogP contribution in [0.25, 0.3) is 0 Å². The third kappa shape index (κ3) is 2.47. The van der Waals surface area contributed by atoms with Gasteiger partial charge in [0.2, 0.25) is 0 Å². The molecule has 1 amide bonds. The van der Waals surface area contributed by atoms with Crippen LogP contribution in [0, 0.1) is 0 Å². The summed E-state index contributed by atoms with van der Waals surface area (Å²) < 4.78 is 3.32. The normalized spacial score (nSPS) is 16.2. The average molecular weight is 388 g/mol.